The van der Waals surface area contributed by atoms with Crippen LogP contribution in [0.1, 0.15) is 32.1 Å². The molecule has 2 unspecified atom stereocenters. The van der Waals surface area contributed by atoms with Gasteiger partial charge in [-0.2, -0.15) is 0 Å². The second-order valence-corrected chi connectivity index (χ2v) is 4.25. The number of carbonyl (C=O) groups is 1. The molecule has 0 aromatic rings. The predicted octanol–water partition coefficient (Wildman–Crippen LogP) is 0.736. The number of fused-ring (bicyclic) bond motifs is 1. The van der Waals surface area contributed by atoms with E-state index in [9.17, 15) is 4.79 Å². The zero-order chi connectivity index (χ0) is 9.26. The van der Waals surface area contributed by atoms with Crippen LogP contribution in [-0.2, 0) is 4.79 Å². The van der Waals surface area contributed by atoms with Gasteiger partial charge in [0.05, 0.1) is 5.92 Å². The van der Waals surface area contributed by atoms with Gasteiger partial charge in [0, 0.05) is 6.04 Å². The number of hydrogen-bond acceptors (Lipinski definition) is 2. The molecule has 1 amide bonds. The van der Waals surface area contributed by atoms with E-state index < -0.39 is 0 Å². The van der Waals surface area contributed by atoms with Crippen molar-refractivity contribution in [2.24, 2.45) is 11.7 Å². The topological polar surface area (TPSA) is 46.3 Å². The molecule has 74 valence electrons. The van der Waals surface area contributed by atoms with Crippen molar-refractivity contribution < 1.29 is 4.79 Å². The van der Waals surface area contributed by atoms with Gasteiger partial charge in [-0.1, -0.05) is 6.42 Å². The Balaban J connectivity index is 2.06. The van der Waals surface area contributed by atoms with Crippen LogP contribution in [0.2, 0.25) is 0 Å². The first-order valence-electron chi connectivity index (χ1n) is 5.32. The van der Waals surface area contributed by atoms with Crippen molar-refractivity contribution >= 4 is 5.91 Å². The maximum absolute atomic E-state index is 11.2. The number of primary amides is 1. The lowest BCUT2D eigenvalue weighted by Crippen LogP contribution is -2.51. The summed E-state index contributed by atoms with van der Waals surface area (Å²) < 4.78 is 0. The summed E-state index contributed by atoms with van der Waals surface area (Å²) in [4.78, 5) is 13.7. The van der Waals surface area contributed by atoms with Crippen LogP contribution in [0, 0.1) is 5.92 Å². The molecule has 0 aromatic heterocycles. The largest absolute Gasteiger partial charge is 0.369 e. The van der Waals surface area contributed by atoms with Crippen molar-refractivity contribution in [2.75, 3.05) is 13.1 Å². The van der Waals surface area contributed by atoms with E-state index in [0.29, 0.717) is 6.04 Å². The highest BCUT2D eigenvalue weighted by atomic mass is 16.1. The minimum Gasteiger partial charge on any atom is -0.369 e. The molecule has 2 saturated heterocycles. The first-order valence-corrected chi connectivity index (χ1v) is 5.32. The molecule has 2 aliphatic rings. The molecule has 0 bridgehead atoms. The maximum atomic E-state index is 11.2. The normalized spacial score (nSPS) is 35.4. The third-order valence-corrected chi connectivity index (χ3v) is 3.45. The summed E-state index contributed by atoms with van der Waals surface area (Å²) in [7, 11) is 0. The second-order valence-electron chi connectivity index (χ2n) is 4.25. The van der Waals surface area contributed by atoms with Crippen LogP contribution in [0.5, 0.6) is 0 Å². The Hall–Kier alpha value is -0.570. The van der Waals surface area contributed by atoms with E-state index in [0.717, 1.165) is 12.8 Å². The van der Waals surface area contributed by atoms with Crippen molar-refractivity contribution in [2.45, 2.75) is 38.1 Å². The average Bonchev–Trinajstić information content (AvgIpc) is 2.17. The molecule has 2 aliphatic heterocycles. The van der Waals surface area contributed by atoms with Gasteiger partial charge in [-0.3, -0.25) is 9.69 Å². The number of piperidine rings is 2. The van der Waals surface area contributed by atoms with E-state index in [4.69, 9.17) is 5.73 Å². The minimum atomic E-state index is -0.0865. The second kappa shape index (κ2) is 3.66. The van der Waals surface area contributed by atoms with Crippen LogP contribution in [-0.4, -0.2) is 29.9 Å². The van der Waals surface area contributed by atoms with Crippen LogP contribution >= 0.6 is 0 Å². The SMILES string of the molecule is NC(=O)C1CCCN2CCCCC12. The third-order valence-electron chi connectivity index (χ3n) is 3.45. The van der Waals surface area contributed by atoms with Crippen LogP contribution in [0.3, 0.4) is 0 Å². The molecular weight excluding hydrogens is 164 g/mol. The number of nitrogens with two attached hydrogens (primary N) is 1. The van der Waals surface area contributed by atoms with Crippen LogP contribution in [0.15, 0.2) is 0 Å². The average molecular weight is 182 g/mol. The summed E-state index contributed by atoms with van der Waals surface area (Å²) in [6.07, 6.45) is 5.89. The number of hydrogen-bond donors (Lipinski definition) is 1. The monoisotopic (exact) mass is 182 g/mol. The van der Waals surface area contributed by atoms with E-state index in [1.807, 2.05) is 0 Å². The Morgan fingerprint density at radius 1 is 1.15 bits per heavy atom. The fourth-order valence-electron chi connectivity index (χ4n) is 2.79. The molecule has 3 heteroatoms. The number of rotatable bonds is 1. The fourth-order valence-corrected chi connectivity index (χ4v) is 2.79. The van der Waals surface area contributed by atoms with Gasteiger partial charge in [-0.25, -0.2) is 0 Å². The summed E-state index contributed by atoms with van der Waals surface area (Å²) in [5, 5.41) is 0. The number of amides is 1. The summed E-state index contributed by atoms with van der Waals surface area (Å²) >= 11 is 0. The Bertz CT molecular complexity index is 203. The molecule has 2 heterocycles. The van der Waals surface area contributed by atoms with Gasteiger partial charge in [0.2, 0.25) is 5.91 Å². The van der Waals surface area contributed by atoms with Crippen LogP contribution < -0.4 is 5.73 Å². The summed E-state index contributed by atoms with van der Waals surface area (Å²) in [5.41, 5.74) is 5.41. The quantitative estimate of drug-likeness (QED) is 0.650. The Morgan fingerprint density at radius 2 is 1.92 bits per heavy atom. The number of nitrogens with zero attached hydrogens (tertiary/aromatic N) is 1. The lowest BCUT2D eigenvalue weighted by atomic mass is 9.83. The molecule has 0 saturated carbocycles. The minimum absolute atomic E-state index is 0.0865. The van der Waals surface area contributed by atoms with E-state index in [1.165, 1.54) is 32.4 Å². The molecule has 0 spiro atoms. The van der Waals surface area contributed by atoms with E-state index in [1.54, 1.807) is 0 Å². The van der Waals surface area contributed by atoms with Crippen molar-refractivity contribution in [3.8, 4) is 0 Å². The Labute approximate surface area is 79.3 Å². The van der Waals surface area contributed by atoms with Crippen molar-refractivity contribution in [1.82, 2.24) is 4.90 Å². The molecule has 2 atom stereocenters. The van der Waals surface area contributed by atoms with Crippen LogP contribution in [0.25, 0.3) is 0 Å². The van der Waals surface area contributed by atoms with Gasteiger partial charge in [0.1, 0.15) is 0 Å². The maximum Gasteiger partial charge on any atom is 0.222 e. The summed E-state index contributed by atoms with van der Waals surface area (Å²) in [6, 6.07) is 0.472. The van der Waals surface area contributed by atoms with Gasteiger partial charge in [0.25, 0.3) is 0 Å². The first-order chi connectivity index (χ1) is 6.29. The van der Waals surface area contributed by atoms with Crippen LogP contribution in [0.4, 0.5) is 0 Å². The molecular formula is C10H18N2O. The third kappa shape index (κ3) is 1.70. The van der Waals surface area contributed by atoms with Crippen molar-refractivity contribution in [3.63, 3.8) is 0 Å². The standard InChI is InChI=1S/C10H18N2O/c11-10(13)8-4-3-7-12-6-2-1-5-9(8)12/h8-9H,1-7H2,(H2,11,13). The Morgan fingerprint density at radius 3 is 2.69 bits per heavy atom. The van der Waals surface area contributed by atoms with E-state index in [2.05, 4.69) is 4.90 Å². The van der Waals surface area contributed by atoms with Gasteiger partial charge in [0.15, 0.2) is 0 Å². The van der Waals surface area contributed by atoms with Crippen molar-refractivity contribution in [1.29, 1.82) is 0 Å². The van der Waals surface area contributed by atoms with Gasteiger partial charge < -0.3 is 5.73 Å². The van der Waals surface area contributed by atoms with Crippen molar-refractivity contribution in [3.05, 3.63) is 0 Å². The highest BCUT2D eigenvalue weighted by molar-refractivity contribution is 5.77. The molecule has 2 fully saturated rings. The van der Waals surface area contributed by atoms with Gasteiger partial charge >= 0.3 is 0 Å². The summed E-state index contributed by atoms with van der Waals surface area (Å²) in [6.45, 7) is 2.35. The molecule has 0 aliphatic carbocycles. The predicted molar refractivity (Wildman–Crippen MR) is 51.1 cm³/mol. The van der Waals surface area contributed by atoms with Gasteiger partial charge in [-0.15, -0.1) is 0 Å². The molecule has 0 aromatic carbocycles. The van der Waals surface area contributed by atoms with E-state index in [-0.39, 0.29) is 11.8 Å². The smallest absolute Gasteiger partial charge is 0.222 e. The number of carbonyl (C=O) groups excluding carboxylic acids is 1. The summed E-state index contributed by atoms with van der Waals surface area (Å²) in [5.74, 6) is 0.0469. The molecule has 2 rings (SSSR count). The van der Waals surface area contributed by atoms with E-state index >= 15 is 0 Å². The molecule has 2 N–H and O–H groups in total. The Kier molecular flexibility index (Phi) is 2.54. The fraction of sp³-hybridized carbons (Fsp3) is 0.900. The lowest BCUT2D eigenvalue weighted by Gasteiger charge is -2.43. The van der Waals surface area contributed by atoms with Gasteiger partial charge in [-0.05, 0) is 38.8 Å². The highest BCUT2D eigenvalue weighted by Crippen LogP contribution is 2.30. The first kappa shape index (κ1) is 9.00. The molecule has 13 heavy (non-hydrogen) atoms. The lowest BCUT2D eigenvalue weighted by molar-refractivity contribution is -0.126. The zero-order valence-electron chi connectivity index (χ0n) is 8.04. The molecule has 0 radical (unpaired) electrons. The zero-order valence-corrected chi connectivity index (χ0v) is 8.04. The molecule has 3 nitrogen and oxygen atoms in total. The highest BCUT2D eigenvalue weighted by Gasteiger charge is 2.35.